The largest absolute Gasteiger partial charge is 0.416 e. The number of anilines is 2. The van der Waals surface area contributed by atoms with Crippen LogP contribution in [0.2, 0.25) is 0 Å². The Morgan fingerprint density at radius 3 is 2.55 bits per heavy atom. The van der Waals surface area contributed by atoms with Crippen molar-refractivity contribution in [3.63, 3.8) is 0 Å². The van der Waals surface area contributed by atoms with E-state index < -0.39 is 23.6 Å². The Labute approximate surface area is 187 Å². The Bertz CT molecular complexity index is 1190. The van der Waals surface area contributed by atoms with Crippen LogP contribution in [0.5, 0.6) is 0 Å². The summed E-state index contributed by atoms with van der Waals surface area (Å²) in [4.78, 5) is 27.6. The van der Waals surface area contributed by atoms with E-state index in [4.69, 9.17) is 4.74 Å². The van der Waals surface area contributed by atoms with Crippen LogP contribution in [0, 0.1) is 0 Å². The van der Waals surface area contributed by atoms with Crippen molar-refractivity contribution >= 4 is 23.2 Å². The summed E-state index contributed by atoms with van der Waals surface area (Å²) < 4.78 is 45.4. The molecule has 1 aromatic heterocycles. The van der Waals surface area contributed by atoms with Gasteiger partial charge in [-0.05, 0) is 42.8 Å². The van der Waals surface area contributed by atoms with Gasteiger partial charge in [0.2, 0.25) is 0 Å². The summed E-state index contributed by atoms with van der Waals surface area (Å²) >= 11 is 0. The third-order valence-corrected chi connectivity index (χ3v) is 5.42. The summed E-state index contributed by atoms with van der Waals surface area (Å²) in [6.45, 7) is 2.30. The highest BCUT2D eigenvalue weighted by atomic mass is 19.4. The Balaban J connectivity index is 1.63. The third kappa shape index (κ3) is 4.34. The number of nitrogens with zero attached hydrogens (tertiary/aromatic N) is 3. The molecule has 0 saturated heterocycles. The van der Waals surface area contributed by atoms with Crippen LogP contribution in [0.1, 0.15) is 44.9 Å². The van der Waals surface area contributed by atoms with E-state index in [9.17, 15) is 22.8 Å². The molecule has 0 fully saturated rings. The number of ether oxygens (including phenoxy) is 1. The maximum absolute atomic E-state index is 13.3. The molecule has 2 amide bonds. The molecular formula is C23H21F3N4O3. The first-order chi connectivity index (χ1) is 15.7. The number of carbonyl (C=O) groups excluding carboxylic acids is 2. The lowest BCUT2D eigenvalue weighted by molar-refractivity contribution is -0.137. The topological polar surface area (TPSA) is 76.5 Å². The molecule has 4 rings (SSSR count). The maximum atomic E-state index is 13.3. The summed E-state index contributed by atoms with van der Waals surface area (Å²) in [7, 11) is 1.53. The van der Waals surface area contributed by atoms with E-state index in [-0.39, 0.29) is 30.6 Å². The van der Waals surface area contributed by atoms with Gasteiger partial charge in [0, 0.05) is 24.9 Å². The minimum atomic E-state index is -4.47. The molecule has 172 valence electrons. The molecule has 1 aliphatic heterocycles. The van der Waals surface area contributed by atoms with Gasteiger partial charge in [-0.2, -0.15) is 18.3 Å². The second-order valence-corrected chi connectivity index (χ2v) is 7.71. The van der Waals surface area contributed by atoms with Crippen molar-refractivity contribution in [2.75, 3.05) is 23.9 Å². The number of hydrogen-bond donors (Lipinski definition) is 1. The number of aromatic nitrogens is 2. The number of carbonyl (C=O) groups is 2. The van der Waals surface area contributed by atoms with Crippen molar-refractivity contribution in [3.8, 4) is 0 Å². The zero-order valence-electron chi connectivity index (χ0n) is 17.9. The smallest absolute Gasteiger partial charge is 0.380 e. The zero-order chi connectivity index (χ0) is 23.8. The van der Waals surface area contributed by atoms with Gasteiger partial charge >= 0.3 is 6.18 Å². The van der Waals surface area contributed by atoms with Crippen molar-refractivity contribution in [1.29, 1.82) is 0 Å². The fraction of sp³-hybridized carbons (Fsp3) is 0.261. The summed E-state index contributed by atoms with van der Waals surface area (Å²) in [5, 5.41) is 6.99. The fourth-order valence-corrected chi connectivity index (χ4v) is 3.82. The van der Waals surface area contributed by atoms with Crippen LogP contribution in [0.15, 0.2) is 54.7 Å². The van der Waals surface area contributed by atoms with Gasteiger partial charge in [-0.15, -0.1) is 0 Å². The lowest BCUT2D eigenvalue weighted by Gasteiger charge is -2.32. The number of amides is 2. The summed E-state index contributed by atoms with van der Waals surface area (Å²) in [5.74, 6) is -0.892. The van der Waals surface area contributed by atoms with Gasteiger partial charge in [-0.3, -0.25) is 14.3 Å². The van der Waals surface area contributed by atoms with Crippen LogP contribution in [0.3, 0.4) is 0 Å². The number of nitrogens with one attached hydrogen (secondary N) is 1. The Morgan fingerprint density at radius 2 is 1.88 bits per heavy atom. The van der Waals surface area contributed by atoms with Crippen LogP contribution in [-0.2, 0) is 17.5 Å². The standard InChI is InChI=1S/C23H21F3N4O3/c1-14-12-29(17-9-7-16(8-10-17)23(24,25)26)22(32)20-19(11-27-30(14)20)28-21(31)18-6-4-3-5-15(18)13-33-2/h3-11,14H,12-13H2,1-2H3,(H,28,31)/t14-/m0/s1. The monoisotopic (exact) mass is 458 g/mol. The van der Waals surface area contributed by atoms with Crippen LogP contribution in [-0.4, -0.2) is 35.2 Å². The zero-order valence-corrected chi connectivity index (χ0v) is 17.9. The molecule has 10 heteroatoms. The Kier molecular flexibility index (Phi) is 5.94. The molecule has 0 unspecified atom stereocenters. The van der Waals surface area contributed by atoms with Gasteiger partial charge in [0.05, 0.1) is 30.1 Å². The number of methoxy groups -OCH3 is 1. The van der Waals surface area contributed by atoms with Crippen LogP contribution in [0.4, 0.5) is 24.5 Å². The fourth-order valence-electron chi connectivity index (χ4n) is 3.82. The van der Waals surface area contributed by atoms with Gasteiger partial charge < -0.3 is 15.0 Å². The molecule has 2 heterocycles. The highest BCUT2D eigenvalue weighted by Gasteiger charge is 2.35. The predicted molar refractivity (Wildman–Crippen MR) is 115 cm³/mol. The van der Waals surface area contributed by atoms with Crippen molar-refractivity contribution in [2.45, 2.75) is 25.7 Å². The molecule has 3 aromatic rings. The molecule has 1 N–H and O–H groups in total. The third-order valence-electron chi connectivity index (χ3n) is 5.42. The molecule has 0 radical (unpaired) electrons. The molecule has 0 saturated carbocycles. The molecule has 0 aliphatic carbocycles. The molecule has 33 heavy (non-hydrogen) atoms. The minimum Gasteiger partial charge on any atom is -0.380 e. The average molecular weight is 458 g/mol. The van der Waals surface area contributed by atoms with E-state index in [0.29, 0.717) is 16.8 Å². The van der Waals surface area contributed by atoms with E-state index in [1.54, 1.807) is 24.3 Å². The van der Waals surface area contributed by atoms with E-state index in [1.165, 1.54) is 35.0 Å². The first-order valence-electron chi connectivity index (χ1n) is 10.2. The molecule has 7 nitrogen and oxygen atoms in total. The minimum absolute atomic E-state index is 0.159. The SMILES string of the molecule is COCc1ccccc1C(=O)Nc1cnn2c1C(=O)N(c1ccc(C(F)(F)F)cc1)C[C@@H]2C. The Morgan fingerprint density at radius 1 is 1.18 bits per heavy atom. The van der Waals surface area contributed by atoms with E-state index in [1.807, 2.05) is 6.92 Å². The molecule has 2 aromatic carbocycles. The van der Waals surface area contributed by atoms with E-state index in [0.717, 1.165) is 12.1 Å². The summed E-state index contributed by atoms with van der Waals surface area (Å²) in [5.41, 5.74) is 0.998. The van der Waals surface area contributed by atoms with E-state index >= 15 is 0 Å². The van der Waals surface area contributed by atoms with Crippen molar-refractivity contribution in [3.05, 3.63) is 77.1 Å². The Hall–Kier alpha value is -3.66. The van der Waals surface area contributed by atoms with Crippen LogP contribution >= 0.6 is 0 Å². The van der Waals surface area contributed by atoms with E-state index in [2.05, 4.69) is 10.4 Å². The van der Waals surface area contributed by atoms with Crippen molar-refractivity contribution in [2.24, 2.45) is 0 Å². The lowest BCUT2D eigenvalue weighted by atomic mass is 10.1. The number of alkyl halides is 3. The number of rotatable bonds is 5. The van der Waals surface area contributed by atoms with Gasteiger partial charge in [0.1, 0.15) is 0 Å². The summed E-state index contributed by atoms with van der Waals surface area (Å²) in [6, 6.07) is 11.1. The van der Waals surface area contributed by atoms with Gasteiger partial charge in [0.25, 0.3) is 11.8 Å². The second kappa shape index (κ2) is 8.70. The number of fused-ring (bicyclic) bond motifs is 1. The molecule has 0 bridgehead atoms. The first kappa shape index (κ1) is 22.5. The number of benzene rings is 2. The van der Waals surface area contributed by atoms with Crippen molar-refractivity contribution in [1.82, 2.24) is 9.78 Å². The molecule has 1 aliphatic rings. The van der Waals surface area contributed by atoms with Gasteiger partial charge in [-0.1, -0.05) is 18.2 Å². The first-order valence-corrected chi connectivity index (χ1v) is 10.2. The number of hydrogen-bond acceptors (Lipinski definition) is 4. The van der Waals surface area contributed by atoms with Gasteiger partial charge in [0.15, 0.2) is 5.69 Å². The quantitative estimate of drug-likeness (QED) is 0.610. The number of halogens is 3. The summed E-state index contributed by atoms with van der Waals surface area (Å²) in [6.07, 6.45) is -3.07. The highest BCUT2D eigenvalue weighted by molar-refractivity contribution is 6.13. The highest BCUT2D eigenvalue weighted by Crippen LogP contribution is 2.33. The normalized spacial score (nSPS) is 16.0. The predicted octanol–water partition coefficient (Wildman–Crippen LogP) is 4.52. The average Bonchev–Trinajstić information content (AvgIpc) is 3.21. The molecular weight excluding hydrogens is 437 g/mol. The van der Waals surface area contributed by atoms with Crippen LogP contribution in [0.25, 0.3) is 0 Å². The van der Waals surface area contributed by atoms with Crippen LogP contribution < -0.4 is 10.2 Å². The van der Waals surface area contributed by atoms with Gasteiger partial charge in [-0.25, -0.2) is 0 Å². The maximum Gasteiger partial charge on any atom is 0.416 e. The molecule has 1 atom stereocenters. The second-order valence-electron chi connectivity index (χ2n) is 7.71. The van der Waals surface area contributed by atoms with Crippen molar-refractivity contribution < 1.29 is 27.5 Å². The lowest BCUT2D eigenvalue weighted by Crippen LogP contribution is -2.43. The molecule has 0 spiro atoms.